The molecule has 1 aromatic carbocycles. The minimum atomic E-state index is -0.214. The summed E-state index contributed by atoms with van der Waals surface area (Å²) in [5.74, 6) is 1.92. The first kappa shape index (κ1) is 23.0. The van der Waals surface area contributed by atoms with Gasteiger partial charge in [-0.1, -0.05) is 32.0 Å². The molecule has 2 heterocycles. The Morgan fingerprint density at radius 3 is 2.39 bits per heavy atom. The maximum absolute atomic E-state index is 14.4. The number of anilines is 1. The number of benzene rings is 1. The first-order valence-electron chi connectivity index (χ1n) is 11.1. The number of nitrogens with one attached hydrogen (secondary N) is 1. The van der Waals surface area contributed by atoms with Gasteiger partial charge in [0.2, 0.25) is 0 Å². The van der Waals surface area contributed by atoms with Crippen molar-refractivity contribution in [2.45, 2.75) is 53.5 Å². The second-order valence-corrected chi connectivity index (χ2v) is 8.97. The Hall–Kier alpha value is -2.70. The Morgan fingerprint density at radius 2 is 1.77 bits per heavy atom. The minimum absolute atomic E-state index is 0.0272. The van der Waals surface area contributed by atoms with E-state index in [1.807, 2.05) is 37.8 Å². The number of amides is 2. The lowest BCUT2D eigenvalue weighted by Crippen LogP contribution is -2.53. The summed E-state index contributed by atoms with van der Waals surface area (Å²) in [6, 6.07) is 6.95. The molecule has 0 bridgehead atoms. The molecule has 3 rings (SSSR count). The average Bonchev–Trinajstić information content (AvgIpc) is 2.70. The highest BCUT2D eigenvalue weighted by atomic mass is 19.1. The van der Waals surface area contributed by atoms with Gasteiger partial charge in [-0.3, -0.25) is 0 Å². The molecule has 1 aromatic heterocycles. The summed E-state index contributed by atoms with van der Waals surface area (Å²) in [6.07, 6.45) is 1.24. The minimum Gasteiger partial charge on any atom is -0.353 e. The summed E-state index contributed by atoms with van der Waals surface area (Å²) in [4.78, 5) is 26.1. The molecule has 168 valence electrons. The monoisotopic (exact) mass is 427 g/mol. The van der Waals surface area contributed by atoms with Crippen LogP contribution in [-0.4, -0.2) is 53.1 Å². The van der Waals surface area contributed by atoms with Gasteiger partial charge in [-0.2, -0.15) is 0 Å². The number of aromatic nitrogens is 2. The average molecular weight is 428 g/mol. The number of rotatable bonds is 6. The van der Waals surface area contributed by atoms with Crippen molar-refractivity contribution in [1.82, 2.24) is 20.2 Å². The molecule has 1 saturated heterocycles. The zero-order valence-electron chi connectivity index (χ0n) is 19.3. The van der Waals surface area contributed by atoms with Gasteiger partial charge in [0.1, 0.15) is 17.5 Å². The molecule has 1 aliphatic rings. The van der Waals surface area contributed by atoms with E-state index in [4.69, 9.17) is 9.97 Å². The van der Waals surface area contributed by atoms with Gasteiger partial charge in [0, 0.05) is 56.3 Å². The Bertz CT molecular complexity index is 907. The molecule has 6 nitrogen and oxygen atoms in total. The number of hydrogen-bond acceptors (Lipinski definition) is 4. The predicted molar refractivity (Wildman–Crippen MR) is 122 cm³/mol. The maximum atomic E-state index is 14.4. The fourth-order valence-electron chi connectivity index (χ4n) is 3.85. The summed E-state index contributed by atoms with van der Waals surface area (Å²) in [5, 5.41) is 2.96. The number of halogens is 1. The number of aryl methyl sites for hydroxylation is 1. The second-order valence-electron chi connectivity index (χ2n) is 8.97. The molecular weight excluding hydrogens is 393 g/mol. The lowest BCUT2D eigenvalue weighted by molar-refractivity contribution is 0.191. The largest absolute Gasteiger partial charge is 0.353 e. The van der Waals surface area contributed by atoms with E-state index >= 15 is 0 Å². The van der Waals surface area contributed by atoms with E-state index in [0.29, 0.717) is 44.1 Å². The lowest BCUT2D eigenvalue weighted by Gasteiger charge is -2.37. The van der Waals surface area contributed by atoms with Crippen molar-refractivity contribution in [2.75, 3.05) is 31.1 Å². The molecule has 0 spiro atoms. The SMILES string of the molecule is Cc1nc(CC(C)C)nc(N2CCN(C(=O)NC(C)C)CC2)c1Cc1ccccc1F. The van der Waals surface area contributed by atoms with Crippen LogP contribution in [0.1, 0.15) is 50.3 Å². The van der Waals surface area contributed by atoms with Crippen LogP contribution in [0.15, 0.2) is 24.3 Å². The molecular formula is C24H34FN5O. The number of carbonyl (C=O) groups is 1. The fraction of sp³-hybridized carbons (Fsp3) is 0.542. The first-order chi connectivity index (χ1) is 14.7. The van der Waals surface area contributed by atoms with Gasteiger partial charge in [-0.15, -0.1) is 0 Å². The summed E-state index contributed by atoms with van der Waals surface area (Å²) < 4.78 is 14.4. The highest BCUT2D eigenvalue weighted by Gasteiger charge is 2.25. The summed E-state index contributed by atoms with van der Waals surface area (Å²) in [6.45, 7) is 12.8. The molecule has 7 heteroatoms. The second kappa shape index (κ2) is 10.1. The number of carbonyl (C=O) groups excluding carboxylic acids is 1. The highest BCUT2D eigenvalue weighted by molar-refractivity contribution is 5.74. The van der Waals surface area contributed by atoms with E-state index in [1.54, 1.807) is 6.07 Å². The number of urea groups is 1. The standard InChI is InChI=1S/C24H34FN5O/c1-16(2)14-22-27-18(5)20(15-19-8-6-7-9-21(19)25)23(28-22)29-10-12-30(13-11-29)24(31)26-17(3)4/h6-9,16-17H,10-15H2,1-5H3,(H,26,31). The fourth-order valence-corrected chi connectivity index (χ4v) is 3.85. The highest BCUT2D eigenvalue weighted by Crippen LogP contribution is 2.26. The van der Waals surface area contributed by atoms with Crippen LogP contribution in [0.4, 0.5) is 15.0 Å². The Morgan fingerprint density at radius 1 is 1.10 bits per heavy atom. The molecule has 1 N–H and O–H groups in total. The molecule has 31 heavy (non-hydrogen) atoms. The summed E-state index contributed by atoms with van der Waals surface area (Å²) in [7, 11) is 0. The molecule has 1 aliphatic heterocycles. The number of piperazine rings is 1. The maximum Gasteiger partial charge on any atom is 0.317 e. The van der Waals surface area contributed by atoms with Gasteiger partial charge < -0.3 is 15.1 Å². The van der Waals surface area contributed by atoms with Gasteiger partial charge in [-0.05, 0) is 38.3 Å². The zero-order valence-corrected chi connectivity index (χ0v) is 19.3. The quantitative estimate of drug-likeness (QED) is 0.758. The van der Waals surface area contributed by atoms with Gasteiger partial charge in [0.15, 0.2) is 0 Å². The molecule has 0 aliphatic carbocycles. The van der Waals surface area contributed by atoms with Crippen molar-refractivity contribution >= 4 is 11.8 Å². The van der Waals surface area contributed by atoms with Crippen LogP contribution in [0.25, 0.3) is 0 Å². The van der Waals surface area contributed by atoms with E-state index in [9.17, 15) is 9.18 Å². The van der Waals surface area contributed by atoms with Crippen LogP contribution < -0.4 is 10.2 Å². The Balaban J connectivity index is 1.87. The summed E-state index contributed by atoms with van der Waals surface area (Å²) in [5.41, 5.74) is 2.49. The van der Waals surface area contributed by atoms with Crippen molar-refractivity contribution < 1.29 is 9.18 Å². The third kappa shape index (κ3) is 5.93. The van der Waals surface area contributed by atoms with Crippen LogP contribution >= 0.6 is 0 Å². The molecule has 0 unspecified atom stereocenters. The van der Waals surface area contributed by atoms with Crippen LogP contribution in [0.2, 0.25) is 0 Å². The number of hydrogen-bond donors (Lipinski definition) is 1. The molecule has 1 fully saturated rings. The van der Waals surface area contributed by atoms with E-state index in [-0.39, 0.29) is 17.9 Å². The van der Waals surface area contributed by atoms with E-state index in [1.165, 1.54) is 6.07 Å². The molecule has 0 radical (unpaired) electrons. The van der Waals surface area contributed by atoms with Crippen LogP contribution in [0.5, 0.6) is 0 Å². The van der Waals surface area contributed by atoms with E-state index in [2.05, 4.69) is 24.1 Å². The van der Waals surface area contributed by atoms with Gasteiger partial charge in [0.05, 0.1) is 0 Å². The predicted octanol–water partition coefficient (Wildman–Crippen LogP) is 3.95. The topological polar surface area (TPSA) is 61.4 Å². The van der Waals surface area contributed by atoms with Gasteiger partial charge in [-0.25, -0.2) is 19.2 Å². The van der Waals surface area contributed by atoms with Crippen LogP contribution in [0.3, 0.4) is 0 Å². The van der Waals surface area contributed by atoms with Crippen molar-refractivity contribution in [1.29, 1.82) is 0 Å². The first-order valence-corrected chi connectivity index (χ1v) is 11.1. The van der Waals surface area contributed by atoms with Crippen molar-refractivity contribution in [3.05, 3.63) is 52.7 Å². The van der Waals surface area contributed by atoms with Crippen LogP contribution in [0, 0.1) is 18.7 Å². The van der Waals surface area contributed by atoms with E-state index in [0.717, 1.165) is 29.3 Å². The molecule has 0 saturated carbocycles. The summed E-state index contributed by atoms with van der Waals surface area (Å²) >= 11 is 0. The molecule has 0 atom stereocenters. The Kier molecular flexibility index (Phi) is 7.46. The zero-order chi connectivity index (χ0) is 22.5. The third-order valence-electron chi connectivity index (χ3n) is 5.43. The lowest BCUT2D eigenvalue weighted by atomic mass is 10.0. The molecule has 2 aromatic rings. The normalized spacial score (nSPS) is 14.5. The van der Waals surface area contributed by atoms with Crippen molar-refractivity contribution in [3.63, 3.8) is 0 Å². The molecule has 2 amide bonds. The van der Waals surface area contributed by atoms with Gasteiger partial charge in [0.25, 0.3) is 0 Å². The van der Waals surface area contributed by atoms with Crippen molar-refractivity contribution in [3.8, 4) is 0 Å². The Labute approximate surface area is 184 Å². The third-order valence-corrected chi connectivity index (χ3v) is 5.43. The van der Waals surface area contributed by atoms with E-state index < -0.39 is 0 Å². The number of nitrogens with zero attached hydrogens (tertiary/aromatic N) is 4. The van der Waals surface area contributed by atoms with Crippen LogP contribution in [-0.2, 0) is 12.8 Å². The van der Waals surface area contributed by atoms with Crippen molar-refractivity contribution in [2.24, 2.45) is 5.92 Å². The van der Waals surface area contributed by atoms with Gasteiger partial charge >= 0.3 is 6.03 Å². The smallest absolute Gasteiger partial charge is 0.317 e.